The Kier molecular flexibility index (Phi) is 4.28. The number of nitrogens with zero attached hydrogens (tertiary/aromatic N) is 2. The van der Waals surface area contributed by atoms with E-state index in [2.05, 4.69) is 5.32 Å². The van der Waals surface area contributed by atoms with E-state index in [1.54, 1.807) is 24.3 Å². The van der Waals surface area contributed by atoms with Crippen LogP contribution in [-0.4, -0.2) is 34.2 Å². The molecule has 2 aromatic rings. The Hall–Kier alpha value is -3.16. The summed E-state index contributed by atoms with van der Waals surface area (Å²) in [7, 11) is 0. The first-order valence-corrected chi connectivity index (χ1v) is 7.47. The molecule has 1 aromatic heterocycles. The van der Waals surface area contributed by atoms with Crippen molar-refractivity contribution < 1.29 is 18.9 Å². The molecule has 8 heteroatoms. The molecule has 0 radical (unpaired) electrons. The van der Waals surface area contributed by atoms with Crippen LogP contribution >= 0.6 is 0 Å². The zero-order valence-corrected chi connectivity index (χ0v) is 12.7. The van der Waals surface area contributed by atoms with Crippen LogP contribution in [-0.2, 0) is 4.79 Å². The first-order valence-electron chi connectivity index (χ1n) is 7.47. The molecule has 1 aliphatic rings. The zero-order valence-electron chi connectivity index (χ0n) is 12.7. The van der Waals surface area contributed by atoms with E-state index in [4.69, 9.17) is 4.42 Å². The molecule has 8 nitrogen and oxygen atoms in total. The molecule has 0 unspecified atom stereocenters. The van der Waals surface area contributed by atoms with Crippen molar-refractivity contribution >= 4 is 23.4 Å². The summed E-state index contributed by atoms with van der Waals surface area (Å²) < 4.78 is 4.94. The number of benzene rings is 1. The lowest BCUT2D eigenvalue weighted by atomic mass is 10.2. The van der Waals surface area contributed by atoms with E-state index in [1.165, 1.54) is 11.0 Å². The number of hydrogen-bond donors (Lipinski definition) is 1. The number of carbonyl (C=O) groups excluding carboxylic acids is 2. The van der Waals surface area contributed by atoms with Gasteiger partial charge in [-0.25, -0.2) is 0 Å². The van der Waals surface area contributed by atoms with E-state index in [1.807, 2.05) is 6.07 Å². The number of rotatable bonds is 4. The fourth-order valence-electron chi connectivity index (χ4n) is 2.71. The highest BCUT2D eigenvalue weighted by Gasteiger charge is 2.36. The lowest BCUT2D eigenvalue weighted by Gasteiger charge is -2.22. The molecule has 1 aromatic carbocycles. The van der Waals surface area contributed by atoms with Crippen LogP contribution in [0, 0.1) is 10.1 Å². The number of amides is 2. The van der Waals surface area contributed by atoms with Crippen molar-refractivity contribution in [2.24, 2.45) is 0 Å². The van der Waals surface area contributed by atoms with Gasteiger partial charge in [0.2, 0.25) is 5.91 Å². The minimum atomic E-state index is -0.708. The van der Waals surface area contributed by atoms with Gasteiger partial charge >= 0.3 is 5.88 Å². The molecular formula is C16H15N3O5. The number of anilines is 1. The Bertz CT molecular complexity index is 771. The fourth-order valence-corrected chi connectivity index (χ4v) is 2.71. The maximum atomic E-state index is 12.5. The third kappa shape index (κ3) is 3.12. The molecule has 1 saturated heterocycles. The first-order chi connectivity index (χ1) is 11.6. The van der Waals surface area contributed by atoms with Crippen LogP contribution in [0.15, 0.2) is 46.9 Å². The van der Waals surface area contributed by atoms with E-state index in [9.17, 15) is 19.7 Å². The van der Waals surface area contributed by atoms with Gasteiger partial charge in [-0.05, 0) is 31.0 Å². The predicted molar refractivity (Wildman–Crippen MR) is 84.5 cm³/mol. The summed E-state index contributed by atoms with van der Waals surface area (Å²) in [5.41, 5.74) is 0.649. The van der Waals surface area contributed by atoms with Gasteiger partial charge in [0.25, 0.3) is 5.91 Å². The van der Waals surface area contributed by atoms with Crippen LogP contribution < -0.4 is 5.32 Å². The van der Waals surface area contributed by atoms with Gasteiger partial charge in [0.15, 0.2) is 5.76 Å². The zero-order chi connectivity index (χ0) is 17.1. The maximum absolute atomic E-state index is 12.5. The summed E-state index contributed by atoms with van der Waals surface area (Å²) in [5, 5.41) is 13.4. The van der Waals surface area contributed by atoms with Crippen LogP contribution in [0.1, 0.15) is 23.4 Å². The molecule has 0 spiro atoms. The average Bonchev–Trinajstić information content (AvgIpc) is 3.25. The number of likely N-dealkylation sites (tertiary alicyclic amines) is 1. The second kappa shape index (κ2) is 6.53. The van der Waals surface area contributed by atoms with Crippen molar-refractivity contribution in [1.82, 2.24) is 4.90 Å². The minimum absolute atomic E-state index is 0.138. The van der Waals surface area contributed by atoms with Crippen molar-refractivity contribution in [2.45, 2.75) is 18.9 Å². The van der Waals surface area contributed by atoms with Gasteiger partial charge in [0.05, 0.1) is 6.07 Å². The number of hydrogen-bond acceptors (Lipinski definition) is 5. The third-order valence-corrected chi connectivity index (χ3v) is 3.84. The molecule has 3 rings (SSSR count). The summed E-state index contributed by atoms with van der Waals surface area (Å²) in [6.45, 7) is 0.403. The average molecular weight is 329 g/mol. The highest BCUT2D eigenvalue weighted by Crippen LogP contribution is 2.24. The molecule has 2 heterocycles. The van der Waals surface area contributed by atoms with Gasteiger partial charge in [0.1, 0.15) is 11.0 Å². The molecule has 1 atom stereocenters. The lowest BCUT2D eigenvalue weighted by molar-refractivity contribution is -0.402. The van der Waals surface area contributed by atoms with Crippen LogP contribution in [0.25, 0.3) is 0 Å². The van der Waals surface area contributed by atoms with Crippen molar-refractivity contribution in [3.63, 3.8) is 0 Å². The molecule has 124 valence electrons. The van der Waals surface area contributed by atoms with E-state index in [0.29, 0.717) is 25.1 Å². The molecule has 24 heavy (non-hydrogen) atoms. The second-order valence-electron chi connectivity index (χ2n) is 5.41. The number of nitro groups is 1. The Balaban J connectivity index is 1.73. The molecule has 1 fully saturated rings. The molecule has 0 aliphatic carbocycles. The normalized spacial score (nSPS) is 16.8. The Labute approximate surface area is 137 Å². The smallest absolute Gasteiger partial charge is 0.395 e. The molecule has 0 bridgehead atoms. The number of furan rings is 1. The summed E-state index contributed by atoms with van der Waals surface area (Å²) in [4.78, 5) is 36.2. The molecular weight excluding hydrogens is 314 g/mol. The summed E-state index contributed by atoms with van der Waals surface area (Å²) in [5.74, 6) is -1.44. The number of nitrogens with one attached hydrogen (secondary N) is 1. The predicted octanol–water partition coefficient (Wildman–Crippen LogP) is 2.43. The molecule has 1 aliphatic heterocycles. The van der Waals surface area contributed by atoms with Gasteiger partial charge in [-0.1, -0.05) is 18.2 Å². The van der Waals surface area contributed by atoms with Crippen LogP contribution in [0.2, 0.25) is 0 Å². The van der Waals surface area contributed by atoms with Crippen LogP contribution in [0.3, 0.4) is 0 Å². The topological polar surface area (TPSA) is 106 Å². The van der Waals surface area contributed by atoms with Gasteiger partial charge in [0, 0.05) is 12.2 Å². The maximum Gasteiger partial charge on any atom is 0.433 e. The van der Waals surface area contributed by atoms with E-state index in [-0.39, 0.29) is 11.7 Å². The second-order valence-corrected chi connectivity index (χ2v) is 5.41. The monoisotopic (exact) mass is 329 g/mol. The van der Waals surface area contributed by atoms with Crippen molar-refractivity contribution in [2.75, 3.05) is 11.9 Å². The van der Waals surface area contributed by atoms with E-state index < -0.39 is 22.8 Å². The standard InChI is InChI=1S/C16H15N3O5/c20-15(17-11-5-2-1-3-6-11)12-7-4-10-18(12)16(21)13-8-9-14(24-13)19(22)23/h1-3,5-6,8-9,12H,4,7,10H2,(H,17,20)/t12-/m1/s1. The summed E-state index contributed by atoms with van der Waals surface area (Å²) in [6, 6.07) is 10.7. The van der Waals surface area contributed by atoms with E-state index >= 15 is 0 Å². The Morgan fingerprint density at radius 1 is 1.21 bits per heavy atom. The number of para-hydroxylation sites is 1. The molecule has 0 saturated carbocycles. The quantitative estimate of drug-likeness (QED) is 0.685. The van der Waals surface area contributed by atoms with E-state index in [0.717, 1.165) is 6.07 Å². The fraction of sp³-hybridized carbons (Fsp3) is 0.250. The third-order valence-electron chi connectivity index (χ3n) is 3.84. The SMILES string of the molecule is O=C(Nc1ccccc1)[C@H]1CCCN1C(=O)c1ccc([N+](=O)[O-])o1. The minimum Gasteiger partial charge on any atom is -0.395 e. The van der Waals surface area contributed by atoms with Crippen molar-refractivity contribution in [3.8, 4) is 0 Å². The van der Waals surface area contributed by atoms with Crippen molar-refractivity contribution in [3.05, 3.63) is 58.3 Å². The largest absolute Gasteiger partial charge is 0.433 e. The van der Waals surface area contributed by atoms with Gasteiger partial charge in [-0.15, -0.1) is 0 Å². The molecule has 1 N–H and O–H groups in total. The highest BCUT2D eigenvalue weighted by atomic mass is 16.6. The Morgan fingerprint density at radius 3 is 2.62 bits per heavy atom. The van der Waals surface area contributed by atoms with Gasteiger partial charge in [-0.2, -0.15) is 0 Å². The van der Waals surface area contributed by atoms with Gasteiger partial charge < -0.3 is 14.6 Å². The lowest BCUT2D eigenvalue weighted by Crippen LogP contribution is -2.43. The van der Waals surface area contributed by atoms with Crippen LogP contribution in [0.5, 0.6) is 0 Å². The van der Waals surface area contributed by atoms with Gasteiger partial charge in [-0.3, -0.25) is 19.7 Å². The summed E-state index contributed by atoms with van der Waals surface area (Å²) >= 11 is 0. The van der Waals surface area contributed by atoms with Crippen LogP contribution in [0.4, 0.5) is 11.6 Å². The highest BCUT2D eigenvalue weighted by molar-refractivity contribution is 6.00. The van der Waals surface area contributed by atoms with Crippen molar-refractivity contribution in [1.29, 1.82) is 0 Å². The number of carbonyl (C=O) groups is 2. The summed E-state index contributed by atoms with van der Waals surface area (Å²) in [6.07, 6.45) is 1.22. The molecule has 2 amide bonds. The Morgan fingerprint density at radius 2 is 1.96 bits per heavy atom. The first kappa shape index (κ1) is 15.7.